The number of hydrogen-bond acceptors (Lipinski definition) is 6. The lowest BCUT2D eigenvalue weighted by molar-refractivity contribution is -0.142. The summed E-state index contributed by atoms with van der Waals surface area (Å²) < 4.78 is 6.76. The fourth-order valence-electron chi connectivity index (χ4n) is 4.83. The molecule has 0 aliphatic carbocycles. The summed E-state index contributed by atoms with van der Waals surface area (Å²) in [6, 6.07) is 18.9. The number of amides is 1. The molecule has 0 saturated carbocycles. The zero-order valence-corrected chi connectivity index (χ0v) is 26.3. The van der Waals surface area contributed by atoms with Gasteiger partial charge in [-0.15, -0.1) is 11.8 Å². The third kappa shape index (κ3) is 9.58. The van der Waals surface area contributed by atoms with Crippen LogP contribution in [0.1, 0.15) is 78.5 Å². The number of esters is 1. The van der Waals surface area contributed by atoms with Crippen molar-refractivity contribution in [2.24, 2.45) is 0 Å². The molecular weight excluding hydrogens is 546 g/mol. The van der Waals surface area contributed by atoms with E-state index in [1.165, 1.54) is 28.8 Å². The van der Waals surface area contributed by atoms with Crippen LogP contribution in [-0.4, -0.2) is 39.8 Å². The Morgan fingerprint density at radius 2 is 1.64 bits per heavy atom. The molecule has 0 radical (unpaired) electrons. The molecular formula is C34H45N3O4S. The minimum atomic E-state index is -0.261. The van der Waals surface area contributed by atoms with Crippen LogP contribution in [0.4, 0.5) is 5.69 Å². The Labute approximate surface area is 254 Å². The zero-order chi connectivity index (χ0) is 30.3. The van der Waals surface area contributed by atoms with Gasteiger partial charge in [-0.2, -0.15) is 0 Å². The number of aromatic nitrogens is 2. The summed E-state index contributed by atoms with van der Waals surface area (Å²) in [5.41, 5.74) is 2.04. The van der Waals surface area contributed by atoms with E-state index in [0.29, 0.717) is 31.1 Å². The van der Waals surface area contributed by atoms with Crippen molar-refractivity contribution in [1.29, 1.82) is 0 Å². The highest BCUT2D eigenvalue weighted by Crippen LogP contribution is 2.29. The van der Waals surface area contributed by atoms with Gasteiger partial charge in [0.05, 0.1) is 12.3 Å². The first kappa shape index (κ1) is 33.1. The molecule has 0 saturated heterocycles. The Kier molecular flexibility index (Phi) is 13.8. The normalized spacial score (nSPS) is 11.7. The molecule has 0 spiro atoms. The van der Waals surface area contributed by atoms with Gasteiger partial charge in [-0.05, 0) is 44.0 Å². The smallest absolute Gasteiger partial charge is 0.319 e. The number of ether oxygens (including phenoxy) is 1. The third-order valence-corrected chi connectivity index (χ3v) is 8.34. The van der Waals surface area contributed by atoms with Crippen LogP contribution in [0.15, 0.2) is 70.4 Å². The van der Waals surface area contributed by atoms with Crippen LogP contribution in [0.2, 0.25) is 0 Å². The summed E-state index contributed by atoms with van der Waals surface area (Å²) in [7, 11) is 0. The summed E-state index contributed by atoms with van der Waals surface area (Å²) in [6.45, 7) is 8.86. The van der Waals surface area contributed by atoms with Crippen LogP contribution < -0.4 is 10.5 Å². The lowest BCUT2D eigenvalue weighted by Gasteiger charge is -2.24. The van der Waals surface area contributed by atoms with E-state index >= 15 is 0 Å². The molecule has 0 N–H and O–H groups in total. The number of nitrogens with zero attached hydrogens (tertiary/aromatic N) is 3. The van der Waals surface area contributed by atoms with Crippen molar-refractivity contribution in [2.75, 3.05) is 18.1 Å². The predicted octanol–water partition coefficient (Wildman–Crippen LogP) is 7.30. The molecule has 0 fully saturated rings. The minimum absolute atomic E-state index is 0.0725. The Hall–Kier alpha value is -3.39. The maximum atomic E-state index is 13.8. The number of thioether (sulfide) groups is 1. The molecule has 1 heterocycles. The molecule has 1 atom stereocenters. The Morgan fingerprint density at radius 3 is 2.29 bits per heavy atom. The van der Waals surface area contributed by atoms with Gasteiger partial charge in [-0.25, -0.2) is 4.98 Å². The van der Waals surface area contributed by atoms with Crippen molar-refractivity contribution in [3.05, 3.63) is 76.8 Å². The zero-order valence-electron chi connectivity index (χ0n) is 25.5. The standard InChI is InChI=1S/C34H45N3O4S/c1-5-9-10-11-15-23-36(27-19-21-28(22-20-27)42-30(16-6-2)34(40)41-8-4)33(39)25-37-31(7-3)35-29(24-32(37)38)26-17-13-12-14-18-26/h12-14,17-22,24,30H,5-11,15-16,23,25H2,1-4H3. The first-order chi connectivity index (χ1) is 20.4. The molecule has 42 heavy (non-hydrogen) atoms. The third-order valence-electron chi connectivity index (χ3n) is 7.08. The number of hydrogen-bond donors (Lipinski definition) is 0. The van der Waals surface area contributed by atoms with Crippen LogP contribution in [0.25, 0.3) is 11.3 Å². The van der Waals surface area contributed by atoms with Gasteiger partial charge < -0.3 is 9.64 Å². The largest absolute Gasteiger partial charge is 0.465 e. The molecule has 0 aliphatic heterocycles. The second-order valence-corrected chi connectivity index (χ2v) is 11.6. The molecule has 2 aromatic carbocycles. The van der Waals surface area contributed by atoms with E-state index in [-0.39, 0.29) is 29.2 Å². The number of benzene rings is 2. The number of carbonyl (C=O) groups is 2. The first-order valence-electron chi connectivity index (χ1n) is 15.3. The van der Waals surface area contributed by atoms with Crippen LogP contribution in [0.3, 0.4) is 0 Å². The van der Waals surface area contributed by atoms with Gasteiger partial charge in [-0.3, -0.25) is 19.0 Å². The molecule has 226 valence electrons. The molecule has 7 nitrogen and oxygen atoms in total. The van der Waals surface area contributed by atoms with Crippen molar-refractivity contribution in [3.63, 3.8) is 0 Å². The van der Waals surface area contributed by atoms with Gasteiger partial charge in [0.15, 0.2) is 0 Å². The maximum absolute atomic E-state index is 13.8. The van der Waals surface area contributed by atoms with Gasteiger partial charge in [0.1, 0.15) is 17.6 Å². The van der Waals surface area contributed by atoms with Crippen LogP contribution in [0.5, 0.6) is 0 Å². The maximum Gasteiger partial charge on any atom is 0.319 e. The van der Waals surface area contributed by atoms with E-state index in [1.807, 2.05) is 68.4 Å². The van der Waals surface area contributed by atoms with Crippen molar-refractivity contribution in [1.82, 2.24) is 9.55 Å². The van der Waals surface area contributed by atoms with E-state index in [1.54, 1.807) is 4.90 Å². The summed E-state index contributed by atoms with van der Waals surface area (Å²) in [5.74, 6) is 0.249. The fraction of sp³-hybridized carbons (Fsp3) is 0.471. The number of unbranched alkanes of at least 4 members (excludes halogenated alkanes) is 4. The summed E-state index contributed by atoms with van der Waals surface area (Å²) in [5, 5.41) is -0.261. The van der Waals surface area contributed by atoms with Gasteiger partial charge in [0.2, 0.25) is 5.91 Å². The van der Waals surface area contributed by atoms with Crippen molar-refractivity contribution < 1.29 is 14.3 Å². The Morgan fingerprint density at radius 1 is 0.929 bits per heavy atom. The molecule has 0 bridgehead atoms. The van der Waals surface area contributed by atoms with Crippen molar-refractivity contribution in [2.45, 2.75) is 95.8 Å². The quantitative estimate of drug-likeness (QED) is 0.0931. The second kappa shape index (κ2) is 17.5. The number of rotatable bonds is 17. The highest BCUT2D eigenvalue weighted by molar-refractivity contribution is 8.00. The minimum Gasteiger partial charge on any atom is -0.465 e. The molecule has 1 amide bonds. The van der Waals surface area contributed by atoms with Crippen LogP contribution >= 0.6 is 11.8 Å². The molecule has 8 heteroatoms. The number of carbonyl (C=O) groups excluding carboxylic acids is 2. The Bertz CT molecular complexity index is 1320. The predicted molar refractivity (Wildman–Crippen MR) is 172 cm³/mol. The highest BCUT2D eigenvalue weighted by atomic mass is 32.2. The summed E-state index contributed by atoms with van der Waals surface area (Å²) in [4.78, 5) is 46.9. The summed E-state index contributed by atoms with van der Waals surface area (Å²) in [6.07, 6.45) is 7.53. The molecule has 1 aromatic heterocycles. The first-order valence-corrected chi connectivity index (χ1v) is 16.2. The molecule has 1 unspecified atom stereocenters. The van der Waals surface area contributed by atoms with E-state index in [2.05, 4.69) is 13.8 Å². The topological polar surface area (TPSA) is 81.5 Å². The molecule has 0 aliphatic rings. The van der Waals surface area contributed by atoms with Gasteiger partial charge in [0, 0.05) is 35.2 Å². The van der Waals surface area contributed by atoms with Crippen molar-refractivity contribution >= 4 is 29.3 Å². The lowest BCUT2D eigenvalue weighted by atomic mass is 10.1. The van der Waals surface area contributed by atoms with Crippen LogP contribution in [0, 0.1) is 0 Å². The highest BCUT2D eigenvalue weighted by Gasteiger charge is 2.22. The monoisotopic (exact) mass is 591 g/mol. The molecule has 3 rings (SSSR count). The van der Waals surface area contributed by atoms with E-state index in [0.717, 1.165) is 54.7 Å². The average Bonchev–Trinajstić information content (AvgIpc) is 3.00. The van der Waals surface area contributed by atoms with Gasteiger partial charge in [0.25, 0.3) is 5.56 Å². The van der Waals surface area contributed by atoms with Gasteiger partial charge in [-0.1, -0.05) is 83.2 Å². The van der Waals surface area contributed by atoms with Crippen LogP contribution in [-0.2, 0) is 27.3 Å². The number of aryl methyl sites for hydroxylation is 1. The average molecular weight is 592 g/mol. The Balaban J connectivity index is 1.83. The lowest BCUT2D eigenvalue weighted by Crippen LogP contribution is -2.38. The summed E-state index contributed by atoms with van der Waals surface area (Å²) >= 11 is 1.49. The van der Waals surface area contributed by atoms with E-state index in [4.69, 9.17) is 9.72 Å². The molecule has 3 aromatic rings. The van der Waals surface area contributed by atoms with E-state index < -0.39 is 0 Å². The number of anilines is 1. The van der Waals surface area contributed by atoms with E-state index in [9.17, 15) is 14.4 Å². The fourth-order valence-corrected chi connectivity index (χ4v) is 5.97. The SMILES string of the molecule is CCCCCCCN(C(=O)Cn1c(CC)nc(-c2ccccc2)cc1=O)c1ccc(SC(CCC)C(=O)OCC)cc1. The van der Waals surface area contributed by atoms with Gasteiger partial charge >= 0.3 is 5.97 Å². The second-order valence-electron chi connectivity index (χ2n) is 10.3. The van der Waals surface area contributed by atoms with Crippen molar-refractivity contribution in [3.8, 4) is 11.3 Å².